The van der Waals surface area contributed by atoms with Gasteiger partial charge >= 0.3 is 5.97 Å². The van der Waals surface area contributed by atoms with Crippen molar-refractivity contribution in [1.29, 1.82) is 0 Å². The maximum Gasteiger partial charge on any atom is 0.330 e. The number of esters is 1. The molecule has 4 nitrogen and oxygen atoms in total. The number of allylic oxidation sites excluding steroid dienone is 3. The molecule has 0 N–H and O–H groups in total. The maximum absolute atomic E-state index is 12.9. The van der Waals surface area contributed by atoms with Crippen LogP contribution in [0.15, 0.2) is 54.6 Å². The van der Waals surface area contributed by atoms with E-state index in [4.69, 9.17) is 0 Å². The average molecular weight is 340 g/mol. The summed E-state index contributed by atoms with van der Waals surface area (Å²) in [5.41, 5.74) is 0.668. The maximum atomic E-state index is 12.9. The Morgan fingerprint density at radius 3 is 2.36 bits per heavy atom. The van der Waals surface area contributed by atoms with Crippen molar-refractivity contribution in [3.8, 4) is 0 Å². The zero-order chi connectivity index (χ0) is 18.1. The molecule has 0 radical (unpaired) electrons. The molecule has 4 heteroatoms. The number of hydrogen-bond acceptors (Lipinski definition) is 4. The number of hydrogen-bond donors (Lipinski definition) is 0. The molecule has 2 rings (SSSR count). The van der Waals surface area contributed by atoms with Gasteiger partial charge < -0.3 is 4.74 Å². The van der Waals surface area contributed by atoms with E-state index >= 15 is 0 Å². The van der Waals surface area contributed by atoms with Gasteiger partial charge in [0, 0.05) is 24.0 Å². The third-order valence-corrected chi connectivity index (χ3v) is 4.61. The Morgan fingerprint density at radius 1 is 1.08 bits per heavy atom. The topological polar surface area (TPSA) is 60.4 Å². The van der Waals surface area contributed by atoms with Gasteiger partial charge in [-0.3, -0.25) is 9.59 Å². The first-order chi connectivity index (χ1) is 12.1. The van der Waals surface area contributed by atoms with Gasteiger partial charge in [0.25, 0.3) is 0 Å². The molecule has 132 valence electrons. The van der Waals surface area contributed by atoms with Crippen molar-refractivity contribution in [2.45, 2.75) is 32.1 Å². The highest BCUT2D eigenvalue weighted by atomic mass is 16.5. The standard InChI is InChI=1S/C21H24O4/c1-25-20(23)14-8-7-13-18(22)15-19(16-9-5-6-10-16)21(24)17-11-3-2-4-12-17/h2-4,7-8,11-14,16,19H,5-6,9-10,15H2,1H3/b13-7+,14-8+. The summed E-state index contributed by atoms with van der Waals surface area (Å²) >= 11 is 0. The molecule has 1 saturated carbocycles. The lowest BCUT2D eigenvalue weighted by Gasteiger charge is -2.21. The molecule has 0 aliphatic heterocycles. The number of Topliss-reactive ketones (excluding diaryl/α,β-unsaturated/α-hetero) is 1. The van der Waals surface area contributed by atoms with E-state index in [2.05, 4.69) is 4.74 Å². The minimum Gasteiger partial charge on any atom is -0.466 e. The number of carbonyl (C=O) groups excluding carboxylic acids is 3. The minimum atomic E-state index is -0.472. The summed E-state index contributed by atoms with van der Waals surface area (Å²) in [5.74, 6) is -0.516. The first-order valence-electron chi connectivity index (χ1n) is 8.66. The van der Waals surface area contributed by atoms with Crippen LogP contribution in [0, 0.1) is 11.8 Å². The molecule has 0 heterocycles. The second kappa shape index (κ2) is 9.72. The number of carbonyl (C=O) groups is 3. The molecule has 0 saturated heterocycles. The molecule has 1 aliphatic rings. The van der Waals surface area contributed by atoms with Gasteiger partial charge in [0.15, 0.2) is 11.6 Å². The number of rotatable bonds is 8. The Hall–Kier alpha value is -2.49. The molecule has 1 atom stereocenters. The van der Waals surface area contributed by atoms with E-state index in [9.17, 15) is 14.4 Å². The summed E-state index contributed by atoms with van der Waals surface area (Å²) in [6, 6.07) is 9.19. The molecule has 0 aromatic heterocycles. The number of methoxy groups -OCH3 is 1. The van der Waals surface area contributed by atoms with E-state index in [0.717, 1.165) is 25.7 Å². The zero-order valence-corrected chi connectivity index (χ0v) is 14.5. The molecule has 1 fully saturated rings. The fraction of sp³-hybridized carbons (Fsp3) is 0.381. The molecule has 25 heavy (non-hydrogen) atoms. The highest BCUT2D eigenvalue weighted by Gasteiger charge is 2.32. The minimum absolute atomic E-state index is 0.0550. The summed E-state index contributed by atoms with van der Waals surface area (Å²) in [6.07, 6.45) is 10.1. The van der Waals surface area contributed by atoms with Gasteiger partial charge in [0.2, 0.25) is 0 Å². The van der Waals surface area contributed by atoms with Crippen LogP contribution in [0.2, 0.25) is 0 Å². The fourth-order valence-corrected chi connectivity index (χ4v) is 3.30. The van der Waals surface area contributed by atoms with Crippen LogP contribution < -0.4 is 0 Å². The van der Waals surface area contributed by atoms with Crippen molar-refractivity contribution >= 4 is 17.5 Å². The third kappa shape index (κ3) is 5.82. The molecule has 1 aromatic carbocycles. The Labute approximate surface area is 148 Å². The Bertz CT molecular complexity index is 652. The highest BCUT2D eigenvalue weighted by molar-refractivity contribution is 6.01. The molecule has 0 bridgehead atoms. The largest absolute Gasteiger partial charge is 0.466 e. The summed E-state index contributed by atoms with van der Waals surface area (Å²) in [6.45, 7) is 0. The smallest absolute Gasteiger partial charge is 0.330 e. The van der Waals surface area contributed by atoms with E-state index in [1.54, 1.807) is 0 Å². The van der Waals surface area contributed by atoms with Crippen molar-refractivity contribution < 1.29 is 19.1 Å². The van der Waals surface area contributed by atoms with Gasteiger partial charge in [0.1, 0.15) is 0 Å². The summed E-state index contributed by atoms with van der Waals surface area (Å²) in [5, 5.41) is 0. The lowest BCUT2D eigenvalue weighted by molar-refractivity contribution is -0.134. The Kier molecular flexibility index (Phi) is 7.33. The van der Waals surface area contributed by atoms with Crippen LogP contribution in [0.25, 0.3) is 0 Å². The summed E-state index contributed by atoms with van der Waals surface area (Å²) in [4.78, 5) is 36.1. The van der Waals surface area contributed by atoms with Gasteiger partial charge in [-0.2, -0.15) is 0 Å². The first kappa shape index (κ1) is 18.8. The SMILES string of the molecule is COC(=O)/C=C/C=C/C(=O)CC(C(=O)c1ccccc1)C1CCCC1. The zero-order valence-electron chi connectivity index (χ0n) is 14.5. The lowest BCUT2D eigenvalue weighted by atomic mass is 9.81. The van der Waals surface area contributed by atoms with Crippen molar-refractivity contribution in [3.63, 3.8) is 0 Å². The van der Waals surface area contributed by atoms with Crippen LogP contribution in [0.4, 0.5) is 0 Å². The van der Waals surface area contributed by atoms with Gasteiger partial charge in [-0.1, -0.05) is 55.3 Å². The fourth-order valence-electron chi connectivity index (χ4n) is 3.30. The molecule has 1 unspecified atom stereocenters. The van der Waals surface area contributed by atoms with Gasteiger partial charge in [0.05, 0.1) is 7.11 Å². The monoisotopic (exact) mass is 340 g/mol. The average Bonchev–Trinajstić information content (AvgIpc) is 3.17. The predicted molar refractivity (Wildman–Crippen MR) is 96.1 cm³/mol. The third-order valence-electron chi connectivity index (χ3n) is 4.61. The molecular weight excluding hydrogens is 316 g/mol. The van der Waals surface area contributed by atoms with E-state index in [1.165, 1.54) is 31.4 Å². The number of ether oxygens (including phenoxy) is 1. The van der Waals surface area contributed by atoms with Crippen molar-refractivity contribution in [2.24, 2.45) is 11.8 Å². The highest BCUT2D eigenvalue weighted by Crippen LogP contribution is 2.35. The Morgan fingerprint density at radius 2 is 1.72 bits per heavy atom. The van der Waals surface area contributed by atoms with Crippen LogP contribution in [-0.2, 0) is 14.3 Å². The van der Waals surface area contributed by atoms with Crippen LogP contribution in [0.3, 0.4) is 0 Å². The Balaban J connectivity index is 2.04. The lowest BCUT2D eigenvalue weighted by Crippen LogP contribution is -2.25. The summed E-state index contributed by atoms with van der Waals surface area (Å²) in [7, 11) is 1.29. The molecule has 0 spiro atoms. The molecule has 0 amide bonds. The van der Waals surface area contributed by atoms with Crippen molar-refractivity contribution in [2.75, 3.05) is 7.11 Å². The van der Waals surface area contributed by atoms with E-state index in [0.29, 0.717) is 5.56 Å². The molecular formula is C21H24O4. The quantitative estimate of drug-likeness (QED) is 0.311. The van der Waals surface area contributed by atoms with Crippen molar-refractivity contribution in [3.05, 3.63) is 60.2 Å². The van der Waals surface area contributed by atoms with E-state index < -0.39 is 5.97 Å². The number of benzene rings is 1. The summed E-state index contributed by atoms with van der Waals surface area (Å²) < 4.78 is 4.48. The van der Waals surface area contributed by atoms with E-state index in [-0.39, 0.29) is 29.8 Å². The van der Waals surface area contributed by atoms with Crippen LogP contribution in [0.5, 0.6) is 0 Å². The van der Waals surface area contributed by atoms with Gasteiger partial charge in [-0.05, 0) is 24.8 Å². The number of ketones is 2. The normalized spacial score (nSPS) is 16.4. The van der Waals surface area contributed by atoms with Crippen LogP contribution >= 0.6 is 0 Å². The van der Waals surface area contributed by atoms with Crippen LogP contribution in [0.1, 0.15) is 42.5 Å². The van der Waals surface area contributed by atoms with Crippen LogP contribution in [-0.4, -0.2) is 24.6 Å². The second-order valence-electron chi connectivity index (χ2n) is 6.29. The van der Waals surface area contributed by atoms with Gasteiger partial charge in [-0.15, -0.1) is 0 Å². The molecule has 1 aliphatic carbocycles. The van der Waals surface area contributed by atoms with Gasteiger partial charge in [-0.25, -0.2) is 4.79 Å². The van der Waals surface area contributed by atoms with Crippen molar-refractivity contribution in [1.82, 2.24) is 0 Å². The second-order valence-corrected chi connectivity index (χ2v) is 6.29. The molecule has 1 aromatic rings. The van der Waals surface area contributed by atoms with E-state index in [1.807, 2.05) is 30.3 Å². The predicted octanol–water partition coefficient (Wildman–Crippen LogP) is 3.92. The first-order valence-corrected chi connectivity index (χ1v) is 8.66.